The first-order chi connectivity index (χ1) is 42.8. The smallest absolute Gasteiger partial charge is 0.305 e. The molecule has 9 nitrogen and oxygen atoms in total. The number of unbranched alkanes of at least 4 members (excludes halogenated alkanes) is 28. The van der Waals surface area contributed by atoms with Crippen LogP contribution in [0.25, 0.3) is 0 Å². The highest BCUT2D eigenvalue weighted by Crippen LogP contribution is 2.26. The van der Waals surface area contributed by atoms with E-state index in [4.69, 9.17) is 14.2 Å². The zero-order chi connectivity index (χ0) is 63.4. The zero-order valence-corrected chi connectivity index (χ0v) is 60.7. The van der Waals surface area contributed by atoms with Crippen LogP contribution in [0.5, 0.6) is 0 Å². The molecule has 11 heteroatoms. The zero-order valence-electron chi connectivity index (χ0n) is 59.1. The van der Waals surface area contributed by atoms with Gasteiger partial charge in [-0.3, -0.25) is 14.4 Å². The van der Waals surface area contributed by atoms with Gasteiger partial charge in [0.25, 0.3) is 0 Å². The predicted octanol–water partition coefficient (Wildman–Crippen LogP) is 22.8. The molecule has 0 aliphatic rings. The van der Waals surface area contributed by atoms with Gasteiger partial charge in [-0.1, -0.05) is 294 Å². The summed E-state index contributed by atoms with van der Waals surface area (Å²) in [6.45, 7) is 22.5. The van der Waals surface area contributed by atoms with E-state index >= 15 is 0 Å². The summed E-state index contributed by atoms with van der Waals surface area (Å²) in [5.41, 5.74) is 0. The third kappa shape index (κ3) is 63.5. The molecule has 0 atom stereocenters. The van der Waals surface area contributed by atoms with Crippen molar-refractivity contribution in [1.82, 2.24) is 9.80 Å². The number of aliphatic hydroxyl groups excluding tert-OH is 1. The monoisotopic (exact) mass is 1270 g/mol. The van der Waals surface area contributed by atoms with Crippen molar-refractivity contribution in [3.8, 4) is 0 Å². The molecule has 0 aromatic rings. The Morgan fingerprint density at radius 2 is 0.529 bits per heavy atom. The standard InChI is InChI=1S/C76H150N2O7S2/c1-7-13-31-47-71(48-32-14-8-2)56-66-83-74(80)53-37-25-19-22-28-40-59-77(60-41-29-23-20-26-38-54-75(81)84-67-57-72(49-33-15-9-3)50-34-16-10-4)62-43-44-69-86-87-70-46-64-78(63-45-65-79)61-42-30-24-21-27-39-55-76(82)85-68-58-73(51-35-17-11-5)52-36-18-12-6/h71-73,79H,7-70H2,1-6H3. The molecular formula is C76H150N2O7S2. The van der Waals surface area contributed by atoms with Crippen LogP contribution < -0.4 is 0 Å². The van der Waals surface area contributed by atoms with Crippen LogP contribution in [0.4, 0.5) is 0 Å². The summed E-state index contributed by atoms with van der Waals surface area (Å²) in [6, 6.07) is 0. The fraction of sp³-hybridized carbons (Fsp3) is 0.961. The van der Waals surface area contributed by atoms with Gasteiger partial charge in [0.1, 0.15) is 0 Å². The maximum Gasteiger partial charge on any atom is 0.305 e. The highest BCUT2D eigenvalue weighted by Gasteiger charge is 2.15. The molecule has 1 N–H and O–H groups in total. The maximum atomic E-state index is 12.6. The quantitative estimate of drug-likeness (QED) is 0.0272. The summed E-state index contributed by atoms with van der Waals surface area (Å²) in [6.07, 6.45) is 61.4. The van der Waals surface area contributed by atoms with Crippen molar-refractivity contribution in [1.29, 1.82) is 0 Å². The lowest BCUT2D eigenvalue weighted by molar-refractivity contribution is -0.145. The van der Waals surface area contributed by atoms with Crippen molar-refractivity contribution in [3.63, 3.8) is 0 Å². The summed E-state index contributed by atoms with van der Waals surface area (Å²) >= 11 is 0. The van der Waals surface area contributed by atoms with E-state index in [1.165, 1.54) is 282 Å². The molecule has 0 saturated heterocycles. The third-order valence-electron chi connectivity index (χ3n) is 18.3. The molecule has 0 heterocycles. The van der Waals surface area contributed by atoms with Crippen LogP contribution >= 0.6 is 21.6 Å². The third-order valence-corrected chi connectivity index (χ3v) is 20.9. The van der Waals surface area contributed by atoms with E-state index in [1.54, 1.807) is 0 Å². The molecule has 0 bridgehead atoms. The minimum absolute atomic E-state index is 0.00155. The van der Waals surface area contributed by atoms with Crippen LogP contribution in [-0.2, 0) is 28.6 Å². The molecule has 0 unspecified atom stereocenters. The molecule has 518 valence electrons. The van der Waals surface area contributed by atoms with E-state index in [-0.39, 0.29) is 24.5 Å². The fourth-order valence-electron chi connectivity index (χ4n) is 12.5. The number of rotatable bonds is 73. The van der Waals surface area contributed by atoms with E-state index in [9.17, 15) is 19.5 Å². The Morgan fingerprint density at radius 3 is 0.816 bits per heavy atom. The SMILES string of the molecule is CCCCCC(CCCCC)CCOC(=O)CCCCCCCCN(CCCCCCCCC(=O)OCCC(CCCCC)CCCCC)CCCCSSCCCN(CCCO)CCCCCCCCC(=O)OCCC(CCCCC)CCCCC. The molecule has 0 saturated carbocycles. The van der Waals surface area contributed by atoms with E-state index < -0.39 is 0 Å². The Bertz CT molecular complexity index is 1320. The average Bonchev–Trinajstić information content (AvgIpc) is 3.52. The second-order valence-electron chi connectivity index (χ2n) is 26.7. The largest absolute Gasteiger partial charge is 0.466 e. The number of nitrogens with zero attached hydrogens (tertiary/aromatic N) is 2. The fourth-order valence-corrected chi connectivity index (χ4v) is 14.7. The van der Waals surface area contributed by atoms with Gasteiger partial charge in [-0.25, -0.2) is 0 Å². The van der Waals surface area contributed by atoms with Gasteiger partial charge >= 0.3 is 17.9 Å². The Hall–Kier alpha value is -1.01. The van der Waals surface area contributed by atoms with Crippen molar-refractivity contribution in [2.24, 2.45) is 17.8 Å². The average molecular weight is 1270 g/mol. The highest BCUT2D eigenvalue weighted by atomic mass is 33.1. The second kappa shape index (κ2) is 70.9. The van der Waals surface area contributed by atoms with Crippen molar-refractivity contribution in [2.75, 3.05) is 77.2 Å². The van der Waals surface area contributed by atoms with Crippen molar-refractivity contribution in [2.45, 2.75) is 375 Å². The number of carbonyl (C=O) groups is 3. The Labute approximate surface area is 550 Å². The Kier molecular flexibility index (Phi) is 70.0. The summed E-state index contributed by atoms with van der Waals surface area (Å²) in [7, 11) is 4.10. The van der Waals surface area contributed by atoms with E-state index in [2.05, 4.69) is 62.1 Å². The van der Waals surface area contributed by atoms with Crippen LogP contribution in [0.1, 0.15) is 375 Å². The predicted molar refractivity (Wildman–Crippen MR) is 382 cm³/mol. The molecule has 0 aliphatic carbocycles. The van der Waals surface area contributed by atoms with Crippen LogP contribution in [-0.4, -0.2) is 110 Å². The van der Waals surface area contributed by atoms with Crippen molar-refractivity contribution < 1.29 is 33.7 Å². The molecule has 0 fully saturated rings. The Morgan fingerprint density at radius 1 is 0.287 bits per heavy atom. The lowest BCUT2D eigenvalue weighted by atomic mass is 9.92. The number of ether oxygens (including phenoxy) is 3. The lowest BCUT2D eigenvalue weighted by Gasteiger charge is -2.22. The molecule has 0 aromatic heterocycles. The van der Waals surface area contributed by atoms with Gasteiger partial charge in [0.05, 0.1) is 19.8 Å². The first-order valence-corrected chi connectivity index (χ1v) is 41.0. The summed E-state index contributed by atoms with van der Waals surface area (Å²) in [4.78, 5) is 42.9. The lowest BCUT2D eigenvalue weighted by Crippen LogP contribution is -2.28. The summed E-state index contributed by atoms with van der Waals surface area (Å²) in [5.74, 6) is 4.53. The second-order valence-corrected chi connectivity index (χ2v) is 29.4. The van der Waals surface area contributed by atoms with Gasteiger partial charge in [-0.2, -0.15) is 0 Å². The van der Waals surface area contributed by atoms with E-state index in [0.717, 1.165) is 83.8 Å². The van der Waals surface area contributed by atoms with E-state index in [0.29, 0.717) is 56.8 Å². The van der Waals surface area contributed by atoms with Gasteiger partial charge in [-0.05, 0) is 134 Å². The molecule has 87 heavy (non-hydrogen) atoms. The maximum absolute atomic E-state index is 12.6. The summed E-state index contributed by atoms with van der Waals surface area (Å²) < 4.78 is 17.1. The molecule has 0 aliphatic heterocycles. The van der Waals surface area contributed by atoms with Gasteiger partial charge in [0.15, 0.2) is 0 Å². The molecule has 0 rings (SSSR count). The molecule has 0 amide bonds. The number of hydrogen-bond acceptors (Lipinski definition) is 11. The van der Waals surface area contributed by atoms with Gasteiger partial charge in [-0.15, -0.1) is 0 Å². The number of carbonyl (C=O) groups excluding carboxylic acids is 3. The molecular weight excluding hydrogens is 1120 g/mol. The minimum Gasteiger partial charge on any atom is -0.466 e. The van der Waals surface area contributed by atoms with Gasteiger partial charge < -0.3 is 29.1 Å². The normalized spacial score (nSPS) is 11.9. The molecule has 0 radical (unpaired) electrons. The summed E-state index contributed by atoms with van der Waals surface area (Å²) in [5, 5.41) is 9.59. The molecule has 0 aromatic carbocycles. The van der Waals surface area contributed by atoms with Crippen LogP contribution in [0.2, 0.25) is 0 Å². The van der Waals surface area contributed by atoms with Crippen LogP contribution in [0, 0.1) is 17.8 Å². The topological polar surface area (TPSA) is 106 Å². The highest BCUT2D eigenvalue weighted by molar-refractivity contribution is 8.76. The number of hydrogen-bond donors (Lipinski definition) is 1. The van der Waals surface area contributed by atoms with Crippen LogP contribution in [0.15, 0.2) is 0 Å². The first-order valence-electron chi connectivity index (χ1n) is 38.5. The number of esters is 3. The van der Waals surface area contributed by atoms with Gasteiger partial charge in [0, 0.05) is 43.9 Å². The number of aliphatic hydroxyl groups is 1. The van der Waals surface area contributed by atoms with Crippen molar-refractivity contribution >= 4 is 39.5 Å². The van der Waals surface area contributed by atoms with Gasteiger partial charge in [0.2, 0.25) is 0 Å². The van der Waals surface area contributed by atoms with Crippen molar-refractivity contribution in [3.05, 3.63) is 0 Å². The molecule has 0 spiro atoms. The van der Waals surface area contributed by atoms with E-state index in [1.807, 2.05) is 10.8 Å². The first kappa shape index (κ1) is 86.0. The Balaban J connectivity index is 4.65. The minimum atomic E-state index is -0.00155. The van der Waals surface area contributed by atoms with Crippen LogP contribution in [0.3, 0.4) is 0 Å².